The molecule has 0 saturated carbocycles. The minimum absolute atomic E-state index is 0.0557. The fourth-order valence-electron chi connectivity index (χ4n) is 2.19. The summed E-state index contributed by atoms with van der Waals surface area (Å²) in [5.41, 5.74) is 2.29. The summed E-state index contributed by atoms with van der Waals surface area (Å²) in [6, 6.07) is 0. The number of carboxylic acid groups (broad SMARTS) is 1. The molecule has 0 aromatic rings. The first-order valence-electron chi connectivity index (χ1n) is 6.06. The van der Waals surface area contributed by atoms with Gasteiger partial charge in [-0.15, -0.1) is 0 Å². The van der Waals surface area contributed by atoms with E-state index < -0.39 is 12.1 Å². The summed E-state index contributed by atoms with van der Waals surface area (Å²) in [6.45, 7) is 7.76. The third-order valence-electron chi connectivity index (χ3n) is 3.34. The van der Waals surface area contributed by atoms with E-state index >= 15 is 0 Å². The van der Waals surface area contributed by atoms with Crippen molar-refractivity contribution in [3.8, 4) is 11.8 Å². The highest BCUT2D eigenvalue weighted by Crippen LogP contribution is 2.39. The fourth-order valence-corrected chi connectivity index (χ4v) is 2.19. The molecule has 1 aliphatic rings. The van der Waals surface area contributed by atoms with Crippen molar-refractivity contribution in [3.63, 3.8) is 0 Å². The van der Waals surface area contributed by atoms with Crippen molar-refractivity contribution in [2.75, 3.05) is 0 Å². The zero-order valence-corrected chi connectivity index (χ0v) is 11.4. The van der Waals surface area contributed by atoms with Crippen LogP contribution in [0.2, 0.25) is 0 Å². The second kappa shape index (κ2) is 5.41. The number of carbonyl (C=O) groups is 1. The molecule has 1 rings (SSSR count). The second-order valence-corrected chi connectivity index (χ2v) is 5.41. The Labute approximate surface area is 108 Å². The summed E-state index contributed by atoms with van der Waals surface area (Å²) in [4.78, 5) is 10.5. The lowest BCUT2D eigenvalue weighted by atomic mass is 9.72. The highest BCUT2D eigenvalue weighted by molar-refractivity contribution is 5.81. The first-order chi connectivity index (χ1) is 8.24. The van der Waals surface area contributed by atoms with E-state index in [1.165, 1.54) is 0 Å². The smallest absolute Gasteiger partial charge is 0.329 e. The van der Waals surface area contributed by atoms with E-state index in [1.54, 1.807) is 6.92 Å². The van der Waals surface area contributed by atoms with Crippen LogP contribution in [0.15, 0.2) is 22.8 Å². The molecule has 0 aliphatic heterocycles. The predicted molar refractivity (Wildman–Crippen MR) is 70.9 cm³/mol. The van der Waals surface area contributed by atoms with Crippen molar-refractivity contribution in [1.82, 2.24) is 0 Å². The number of carboxylic acids is 1. The molecule has 0 bridgehead atoms. The Hall–Kier alpha value is -1.53. The molecule has 0 fully saturated rings. The summed E-state index contributed by atoms with van der Waals surface area (Å²) in [5.74, 6) is 4.90. The average molecular weight is 248 g/mol. The highest BCUT2D eigenvalue weighted by Gasteiger charge is 2.31. The van der Waals surface area contributed by atoms with Crippen LogP contribution in [0.1, 0.15) is 40.5 Å². The van der Waals surface area contributed by atoms with Gasteiger partial charge in [0.15, 0.2) is 0 Å². The Kier molecular flexibility index (Phi) is 4.37. The molecule has 1 atom stereocenters. The van der Waals surface area contributed by atoms with E-state index in [0.29, 0.717) is 5.57 Å². The van der Waals surface area contributed by atoms with Crippen LogP contribution in [0, 0.1) is 17.3 Å². The van der Waals surface area contributed by atoms with Gasteiger partial charge in [-0.2, -0.15) is 0 Å². The fraction of sp³-hybridized carbons (Fsp3) is 0.533. The number of allylic oxidation sites excluding steroid dienone is 2. The van der Waals surface area contributed by atoms with Crippen LogP contribution in [0.3, 0.4) is 0 Å². The zero-order valence-electron chi connectivity index (χ0n) is 11.4. The predicted octanol–water partition coefficient (Wildman–Crippen LogP) is 2.52. The molecule has 0 spiro atoms. The Morgan fingerprint density at radius 2 is 2.11 bits per heavy atom. The quantitative estimate of drug-likeness (QED) is 0.554. The molecular weight excluding hydrogens is 228 g/mol. The van der Waals surface area contributed by atoms with Crippen LogP contribution in [-0.2, 0) is 4.79 Å². The topological polar surface area (TPSA) is 57.5 Å². The summed E-state index contributed by atoms with van der Waals surface area (Å²) >= 11 is 0. The minimum atomic E-state index is -0.990. The van der Waals surface area contributed by atoms with E-state index in [9.17, 15) is 9.90 Å². The normalized spacial score (nSPS) is 23.4. The standard InChI is InChI=1S/C15H20O3/c1-10(9-14(17)18)5-6-12-11(2)13(16)7-8-15(12,3)4/h9,13,16H,7-8H2,1-4H3,(H,17,18). The molecule has 1 aliphatic carbocycles. The Bertz CT molecular complexity index is 470. The largest absolute Gasteiger partial charge is 0.478 e. The van der Waals surface area contributed by atoms with Crippen LogP contribution in [0.25, 0.3) is 0 Å². The average Bonchev–Trinajstić information content (AvgIpc) is 2.23. The van der Waals surface area contributed by atoms with E-state index in [2.05, 4.69) is 25.7 Å². The molecular formula is C15H20O3. The van der Waals surface area contributed by atoms with Gasteiger partial charge in [0.2, 0.25) is 0 Å². The summed E-state index contributed by atoms with van der Waals surface area (Å²) < 4.78 is 0. The molecule has 3 heteroatoms. The lowest BCUT2D eigenvalue weighted by molar-refractivity contribution is -0.131. The van der Waals surface area contributed by atoms with Crippen molar-refractivity contribution >= 4 is 5.97 Å². The first kappa shape index (κ1) is 14.5. The maximum atomic E-state index is 10.5. The van der Waals surface area contributed by atoms with Gasteiger partial charge in [-0.25, -0.2) is 4.79 Å². The maximum Gasteiger partial charge on any atom is 0.329 e. The number of aliphatic hydroxyl groups is 1. The van der Waals surface area contributed by atoms with Crippen LogP contribution < -0.4 is 0 Å². The van der Waals surface area contributed by atoms with Gasteiger partial charge in [-0.05, 0) is 37.7 Å². The Morgan fingerprint density at radius 3 is 2.67 bits per heavy atom. The molecule has 0 aromatic carbocycles. The van der Waals surface area contributed by atoms with Crippen molar-refractivity contribution in [3.05, 3.63) is 22.8 Å². The van der Waals surface area contributed by atoms with E-state index in [4.69, 9.17) is 5.11 Å². The molecule has 0 aromatic heterocycles. The van der Waals surface area contributed by atoms with Gasteiger partial charge >= 0.3 is 5.97 Å². The van der Waals surface area contributed by atoms with Crippen molar-refractivity contribution < 1.29 is 15.0 Å². The van der Waals surface area contributed by atoms with Gasteiger partial charge in [0.1, 0.15) is 0 Å². The van der Waals surface area contributed by atoms with Crippen molar-refractivity contribution in [1.29, 1.82) is 0 Å². The lowest BCUT2D eigenvalue weighted by Crippen LogP contribution is -2.27. The summed E-state index contributed by atoms with van der Waals surface area (Å²) in [7, 11) is 0. The maximum absolute atomic E-state index is 10.5. The van der Waals surface area contributed by atoms with Crippen LogP contribution in [-0.4, -0.2) is 22.3 Å². The SMILES string of the molecule is CC(C#CC1=C(C)C(O)CCC1(C)C)=CC(=O)O. The minimum Gasteiger partial charge on any atom is -0.478 e. The third-order valence-corrected chi connectivity index (χ3v) is 3.34. The molecule has 1 unspecified atom stereocenters. The van der Waals surface area contributed by atoms with Gasteiger partial charge in [0.05, 0.1) is 6.10 Å². The van der Waals surface area contributed by atoms with E-state index in [0.717, 1.165) is 30.1 Å². The third kappa shape index (κ3) is 3.48. The van der Waals surface area contributed by atoms with E-state index in [-0.39, 0.29) is 5.41 Å². The lowest BCUT2D eigenvalue weighted by Gasteiger charge is -2.34. The number of hydrogen-bond acceptors (Lipinski definition) is 2. The Balaban J connectivity index is 3.11. The highest BCUT2D eigenvalue weighted by atomic mass is 16.4. The van der Waals surface area contributed by atoms with Gasteiger partial charge in [-0.3, -0.25) is 0 Å². The molecule has 0 saturated heterocycles. The van der Waals surface area contributed by atoms with Gasteiger partial charge < -0.3 is 10.2 Å². The van der Waals surface area contributed by atoms with Gasteiger partial charge in [0.25, 0.3) is 0 Å². The summed E-state index contributed by atoms with van der Waals surface area (Å²) in [5, 5.41) is 18.5. The zero-order chi connectivity index (χ0) is 13.9. The second-order valence-electron chi connectivity index (χ2n) is 5.41. The van der Waals surface area contributed by atoms with Gasteiger partial charge in [-0.1, -0.05) is 25.7 Å². The van der Waals surface area contributed by atoms with E-state index in [1.807, 2.05) is 6.92 Å². The number of aliphatic carboxylic acids is 1. The van der Waals surface area contributed by atoms with Crippen molar-refractivity contribution in [2.45, 2.75) is 46.6 Å². The molecule has 98 valence electrons. The first-order valence-corrected chi connectivity index (χ1v) is 6.06. The van der Waals surface area contributed by atoms with Gasteiger partial charge in [0, 0.05) is 17.2 Å². The molecule has 18 heavy (non-hydrogen) atoms. The summed E-state index contributed by atoms with van der Waals surface area (Å²) in [6.07, 6.45) is 2.31. The number of aliphatic hydroxyl groups excluding tert-OH is 1. The molecule has 0 radical (unpaired) electrons. The van der Waals surface area contributed by atoms with Crippen molar-refractivity contribution in [2.24, 2.45) is 5.41 Å². The van der Waals surface area contributed by atoms with Crippen LogP contribution in [0.5, 0.6) is 0 Å². The molecule has 2 N–H and O–H groups in total. The molecule has 0 heterocycles. The van der Waals surface area contributed by atoms with Crippen LogP contribution >= 0.6 is 0 Å². The monoisotopic (exact) mass is 248 g/mol. The molecule has 0 amide bonds. The number of rotatable bonds is 1. The van der Waals surface area contributed by atoms with Crippen LogP contribution in [0.4, 0.5) is 0 Å². The number of hydrogen-bond donors (Lipinski definition) is 2. The molecule has 3 nitrogen and oxygen atoms in total. The Morgan fingerprint density at radius 1 is 1.50 bits per heavy atom.